The summed E-state index contributed by atoms with van der Waals surface area (Å²) in [6.45, 7) is 1.86. The number of hydrogen-bond donors (Lipinski definition) is 2. The van der Waals surface area contributed by atoms with Gasteiger partial charge in [0.1, 0.15) is 6.61 Å². The Morgan fingerprint density at radius 2 is 2.21 bits per heavy atom. The summed E-state index contributed by atoms with van der Waals surface area (Å²) in [6, 6.07) is 7.44. The molecule has 1 aliphatic carbocycles. The molecule has 1 amide bonds. The van der Waals surface area contributed by atoms with Gasteiger partial charge in [0.25, 0.3) is 5.91 Å². The number of amides is 1. The summed E-state index contributed by atoms with van der Waals surface area (Å²) in [5.41, 5.74) is 1.24. The third kappa shape index (κ3) is 3.36. The second-order valence-electron chi connectivity index (χ2n) is 4.96. The molecule has 1 aromatic carbocycles. The topological polar surface area (TPSA) is 49.3 Å². The van der Waals surface area contributed by atoms with Gasteiger partial charge in [0, 0.05) is 11.6 Å². The van der Waals surface area contributed by atoms with Crippen molar-refractivity contribution in [1.82, 2.24) is 5.32 Å². The van der Waals surface area contributed by atoms with Crippen LogP contribution >= 0.6 is 0 Å². The van der Waals surface area contributed by atoms with Crippen molar-refractivity contribution in [3.05, 3.63) is 35.4 Å². The Balaban J connectivity index is 2.09. The van der Waals surface area contributed by atoms with Crippen molar-refractivity contribution in [3.63, 3.8) is 0 Å². The van der Waals surface area contributed by atoms with E-state index < -0.39 is 0 Å². The molecule has 2 N–H and O–H groups in total. The first-order valence-corrected chi connectivity index (χ1v) is 6.72. The zero-order valence-corrected chi connectivity index (χ0v) is 11.1. The van der Waals surface area contributed by atoms with Crippen LogP contribution < -0.4 is 5.32 Å². The summed E-state index contributed by atoms with van der Waals surface area (Å²) in [6.07, 6.45) is 3.67. The second-order valence-corrected chi connectivity index (χ2v) is 4.96. The largest absolute Gasteiger partial charge is 0.384 e. The summed E-state index contributed by atoms with van der Waals surface area (Å²) in [4.78, 5) is 12.2. The molecule has 0 heterocycles. The number of hydrogen-bond acceptors (Lipinski definition) is 2. The Bertz CT molecular complexity index is 509. The zero-order valence-electron chi connectivity index (χ0n) is 11.1. The average Bonchev–Trinajstić information content (AvgIpc) is 2.34. The van der Waals surface area contributed by atoms with Crippen LogP contribution in [0.15, 0.2) is 24.3 Å². The summed E-state index contributed by atoms with van der Waals surface area (Å²) in [5, 5.41) is 11.8. The lowest BCUT2D eigenvalue weighted by molar-refractivity contribution is 0.0909. The summed E-state index contributed by atoms with van der Waals surface area (Å²) >= 11 is 0. The van der Waals surface area contributed by atoms with Crippen LogP contribution in [0.25, 0.3) is 0 Å². The van der Waals surface area contributed by atoms with E-state index in [1.165, 1.54) is 19.3 Å². The standard InChI is InChI=1S/C16H19NO2/c1-12(13-7-4-8-13)17-16(19)15-10-3-2-6-14(15)9-5-11-18/h2-3,6,10,12-13,18H,4,7-8,11H2,1H3,(H,17,19). The molecule has 3 heteroatoms. The van der Waals surface area contributed by atoms with E-state index in [1.54, 1.807) is 12.1 Å². The van der Waals surface area contributed by atoms with Crippen LogP contribution in [-0.2, 0) is 0 Å². The predicted octanol–water partition coefficient (Wildman–Crippen LogP) is 1.95. The van der Waals surface area contributed by atoms with Crippen LogP contribution in [0.2, 0.25) is 0 Å². The molecular formula is C16H19NO2. The number of nitrogens with one attached hydrogen (secondary N) is 1. The molecule has 0 spiro atoms. The molecule has 100 valence electrons. The van der Waals surface area contributed by atoms with E-state index in [4.69, 9.17) is 5.11 Å². The highest BCUT2D eigenvalue weighted by Crippen LogP contribution is 2.29. The van der Waals surface area contributed by atoms with E-state index >= 15 is 0 Å². The van der Waals surface area contributed by atoms with Crippen LogP contribution in [0.5, 0.6) is 0 Å². The van der Waals surface area contributed by atoms with Gasteiger partial charge in [0.05, 0.1) is 5.56 Å². The van der Waals surface area contributed by atoms with Crippen LogP contribution in [0.3, 0.4) is 0 Å². The maximum Gasteiger partial charge on any atom is 0.252 e. The fourth-order valence-corrected chi connectivity index (χ4v) is 2.27. The molecule has 2 rings (SSSR count). The fourth-order valence-electron chi connectivity index (χ4n) is 2.27. The Morgan fingerprint density at radius 3 is 2.84 bits per heavy atom. The monoisotopic (exact) mass is 257 g/mol. The molecule has 1 aliphatic rings. The quantitative estimate of drug-likeness (QED) is 0.813. The van der Waals surface area contributed by atoms with Crippen LogP contribution in [0, 0.1) is 17.8 Å². The van der Waals surface area contributed by atoms with Crippen molar-refractivity contribution in [3.8, 4) is 11.8 Å². The fraction of sp³-hybridized carbons (Fsp3) is 0.438. The lowest BCUT2D eigenvalue weighted by Crippen LogP contribution is -2.40. The molecule has 0 aromatic heterocycles. The van der Waals surface area contributed by atoms with Gasteiger partial charge in [-0.15, -0.1) is 0 Å². The number of aliphatic hydroxyl groups excluding tert-OH is 1. The van der Waals surface area contributed by atoms with Crippen molar-refractivity contribution in [2.75, 3.05) is 6.61 Å². The maximum absolute atomic E-state index is 12.2. The molecule has 1 unspecified atom stereocenters. The smallest absolute Gasteiger partial charge is 0.252 e. The van der Waals surface area contributed by atoms with Gasteiger partial charge in [-0.1, -0.05) is 30.4 Å². The Labute approximate surface area is 114 Å². The lowest BCUT2D eigenvalue weighted by atomic mass is 9.80. The minimum absolute atomic E-state index is 0.0813. The maximum atomic E-state index is 12.2. The van der Waals surface area contributed by atoms with Gasteiger partial charge < -0.3 is 10.4 Å². The van der Waals surface area contributed by atoms with Crippen LogP contribution in [0.4, 0.5) is 0 Å². The predicted molar refractivity (Wildman–Crippen MR) is 74.7 cm³/mol. The number of carbonyl (C=O) groups is 1. The molecule has 0 saturated heterocycles. The van der Waals surface area contributed by atoms with E-state index in [0.29, 0.717) is 17.0 Å². The summed E-state index contributed by atoms with van der Waals surface area (Å²) in [5.74, 6) is 5.93. The van der Waals surface area contributed by atoms with Crippen molar-refractivity contribution in [1.29, 1.82) is 0 Å². The van der Waals surface area contributed by atoms with Gasteiger partial charge in [0.2, 0.25) is 0 Å². The minimum Gasteiger partial charge on any atom is -0.384 e. The Hall–Kier alpha value is -1.79. The third-order valence-electron chi connectivity index (χ3n) is 3.69. The molecular weight excluding hydrogens is 238 g/mol. The van der Waals surface area contributed by atoms with E-state index in [9.17, 15) is 4.79 Å². The number of aliphatic hydroxyl groups is 1. The highest BCUT2D eigenvalue weighted by atomic mass is 16.2. The van der Waals surface area contributed by atoms with Crippen molar-refractivity contribution < 1.29 is 9.90 Å². The highest BCUT2D eigenvalue weighted by molar-refractivity contribution is 5.96. The molecule has 1 saturated carbocycles. The van der Waals surface area contributed by atoms with Gasteiger partial charge in [-0.25, -0.2) is 0 Å². The van der Waals surface area contributed by atoms with E-state index in [1.807, 2.05) is 12.1 Å². The highest BCUT2D eigenvalue weighted by Gasteiger charge is 2.25. The first-order valence-electron chi connectivity index (χ1n) is 6.72. The SMILES string of the molecule is CC(NC(=O)c1ccccc1C#CCO)C1CCC1. The number of benzene rings is 1. The molecule has 0 radical (unpaired) electrons. The number of rotatable bonds is 3. The van der Waals surface area contributed by atoms with Crippen molar-refractivity contribution >= 4 is 5.91 Å². The molecule has 1 fully saturated rings. The van der Waals surface area contributed by atoms with Crippen LogP contribution in [0.1, 0.15) is 42.1 Å². The van der Waals surface area contributed by atoms with Gasteiger partial charge in [-0.2, -0.15) is 0 Å². The van der Waals surface area contributed by atoms with Gasteiger partial charge >= 0.3 is 0 Å². The second kappa shape index (κ2) is 6.40. The Kier molecular flexibility index (Phi) is 4.59. The molecule has 1 aromatic rings. The third-order valence-corrected chi connectivity index (χ3v) is 3.69. The average molecular weight is 257 g/mol. The van der Waals surface area contributed by atoms with Crippen molar-refractivity contribution in [2.24, 2.45) is 5.92 Å². The molecule has 19 heavy (non-hydrogen) atoms. The molecule has 0 aliphatic heterocycles. The Morgan fingerprint density at radius 1 is 1.47 bits per heavy atom. The molecule has 3 nitrogen and oxygen atoms in total. The van der Waals surface area contributed by atoms with Gasteiger partial charge in [-0.05, 0) is 37.8 Å². The van der Waals surface area contributed by atoms with Gasteiger partial charge in [0.15, 0.2) is 0 Å². The van der Waals surface area contributed by atoms with E-state index in [0.717, 1.165) is 0 Å². The normalized spacial score (nSPS) is 15.9. The van der Waals surface area contributed by atoms with Crippen LogP contribution in [-0.4, -0.2) is 23.7 Å². The van der Waals surface area contributed by atoms with Gasteiger partial charge in [-0.3, -0.25) is 4.79 Å². The zero-order chi connectivity index (χ0) is 13.7. The van der Waals surface area contributed by atoms with E-state index in [2.05, 4.69) is 24.1 Å². The van der Waals surface area contributed by atoms with E-state index in [-0.39, 0.29) is 18.6 Å². The van der Waals surface area contributed by atoms with Crippen molar-refractivity contribution in [2.45, 2.75) is 32.2 Å². The first-order chi connectivity index (χ1) is 9.22. The molecule has 0 bridgehead atoms. The first kappa shape index (κ1) is 13.6. The molecule has 1 atom stereocenters. The summed E-state index contributed by atoms with van der Waals surface area (Å²) < 4.78 is 0. The lowest BCUT2D eigenvalue weighted by Gasteiger charge is -2.31. The summed E-state index contributed by atoms with van der Waals surface area (Å²) in [7, 11) is 0. The minimum atomic E-state index is -0.200. The number of carbonyl (C=O) groups excluding carboxylic acids is 1.